The van der Waals surface area contributed by atoms with Crippen molar-refractivity contribution in [2.45, 2.75) is 45.8 Å². The molecule has 1 aromatic carbocycles. The van der Waals surface area contributed by atoms with Crippen molar-refractivity contribution in [3.63, 3.8) is 0 Å². The van der Waals surface area contributed by atoms with E-state index >= 15 is 0 Å². The maximum atomic E-state index is 12.6. The number of aryl methyl sites for hydroxylation is 1. The van der Waals surface area contributed by atoms with Crippen LogP contribution in [-0.4, -0.2) is 35.4 Å². The number of benzene rings is 1. The van der Waals surface area contributed by atoms with Crippen LogP contribution in [0.1, 0.15) is 32.3 Å². The van der Waals surface area contributed by atoms with Crippen LogP contribution in [-0.2, 0) is 9.59 Å². The number of nitrogens with two attached hydrogens (primary N) is 1. The fourth-order valence-corrected chi connectivity index (χ4v) is 2.75. The molecule has 0 aromatic heterocycles. The van der Waals surface area contributed by atoms with Gasteiger partial charge in [-0.1, -0.05) is 17.7 Å². The molecule has 1 aliphatic rings. The summed E-state index contributed by atoms with van der Waals surface area (Å²) >= 11 is 0. The van der Waals surface area contributed by atoms with Crippen LogP contribution in [0.2, 0.25) is 0 Å². The second-order valence-corrected chi connectivity index (χ2v) is 6.09. The molecule has 2 rings (SSSR count). The van der Waals surface area contributed by atoms with E-state index < -0.39 is 6.10 Å². The van der Waals surface area contributed by atoms with Crippen LogP contribution in [0.25, 0.3) is 0 Å². The molecular formula is C17H24N2O3. The van der Waals surface area contributed by atoms with Crippen LogP contribution in [0, 0.1) is 12.8 Å². The molecule has 1 aromatic rings. The van der Waals surface area contributed by atoms with Gasteiger partial charge in [-0.2, -0.15) is 0 Å². The fourth-order valence-electron chi connectivity index (χ4n) is 2.75. The van der Waals surface area contributed by atoms with E-state index in [9.17, 15) is 9.59 Å². The van der Waals surface area contributed by atoms with Gasteiger partial charge in [-0.25, -0.2) is 0 Å². The second-order valence-electron chi connectivity index (χ2n) is 6.09. The van der Waals surface area contributed by atoms with E-state index in [2.05, 4.69) is 0 Å². The van der Waals surface area contributed by atoms with Gasteiger partial charge in [0.25, 0.3) is 5.91 Å². The number of ether oxygens (including phenoxy) is 1. The van der Waals surface area contributed by atoms with Gasteiger partial charge in [0.1, 0.15) is 5.75 Å². The van der Waals surface area contributed by atoms with Crippen molar-refractivity contribution < 1.29 is 14.3 Å². The summed E-state index contributed by atoms with van der Waals surface area (Å²) in [6.45, 7) is 6.12. The van der Waals surface area contributed by atoms with E-state index in [1.54, 1.807) is 11.8 Å². The molecule has 0 unspecified atom stereocenters. The van der Waals surface area contributed by atoms with Crippen LogP contribution >= 0.6 is 0 Å². The molecule has 1 fully saturated rings. The Morgan fingerprint density at radius 1 is 1.27 bits per heavy atom. The number of primary amides is 1. The lowest BCUT2D eigenvalue weighted by Crippen LogP contribution is -2.52. The molecule has 2 N–H and O–H groups in total. The quantitative estimate of drug-likeness (QED) is 0.923. The van der Waals surface area contributed by atoms with Gasteiger partial charge in [0.05, 0.1) is 5.92 Å². The Morgan fingerprint density at radius 3 is 2.50 bits per heavy atom. The van der Waals surface area contributed by atoms with Crippen molar-refractivity contribution >= 4 is 11.8 Å². The zero-order chi connectivity index (χ0) is 16.3. The summed E-state index contributed by atoms with van der Waals surface area (Å²) in [5.41, 5.74) is 6.52. The first kappa shape index (κ1) is 16.3. The molecule has 5 nitrogen and oxygen atoms in total. The third kappa shape index (κ3) is 3.78. The van der Waals surface area contributed by atoms with Crippen LogP contribution in [0.15, 0.2) is 24.3 Å². The highest BCUT2D eigenvalue weighted by atomic mass is 16.5. The lowest BCUT2D eigenvalue weighted by molar-refractivity contribution is -0.143. The van der Waals surface area contributed by atoms with Gasteiger partial charge in [-0.3, -0.25) is 9.59 Å². The summed E-state index contributed by atoms with van der Waals surface area (Å²) < 4.78 is 5.72. The normalized spacial score (nSPS) is 23.0. The van der Waals surface area contributed by atoms with Gasteiger partial charge in [-0.05, 0) is 45.7 Å². The molecule has 0 saturated carbocycles. The highest BCUT2D eigenvalue weighted by Gasteiger charge is 2.34. The number of hydrogen-bond acceptors (Lipinski definition) is 3. The Kier molecular flexibility index (Phi) is 5.06. The number of nitrogens with zero attached hydrogens (tertiary/aromatic N) is 1. The number of carbonyl (C=O) groups is 2. The van der Waals surface area contributed by atoms with E-state index in [1.807, 2.05) is 38.1 Å². The van der Waals surface area contributed by atoms with Crippen molar-refractivity contribution in [1.82, 2.24) is 4.90 Å². The topological polar surface area (TPSA) is 72.6 Å². The summed E-state index contributed by atoms with van der Waals surface area (Å²) in [5.74, 6) is -0.0230. The average Bonchev–Trinajstić information content (AvgIpc) is 2.49. The first-order valence-electron chi connectivity index (χ1n) is 7.71. The van der Waals surface area contributed by atoms with E-state index in [4.69, 9.17) is 10.5 Å². The molecule has 22 heavy (non-hydrogen) atoms. The van der Waals surface area contributed by atoms with E-state index in [0.717, 1.165) is 18.4 Å². The summed E-state index contributed by atoms with van der Waals surface area (Å²) in [4.78, 5) is 25.7. The highest BCUT2D eigenvalue weighted by Crippen LogP contribution is 2.23. The number of rotatable bonds is 4. The van der Waals surface area contributed by atoms with Crippen molar-refractivity contribution in [1.29, 1.82) is 0 Å². The number of hydrogen-bond donors (Lipinski definition) is 1. The van der Waals surface area contributed by atoms with E-state index in [1.165, 1.54) is 0 Å². The van der Waals surface area contributed by atoms with Crippen molar-refractivity contribution in [2.75, 3.05) is 6.54 Å². The van der Waals surface area contributed by atoms with Gasteiger partial charge in [0, 0.05) is 12.6 Å². The second kappa shape index (κ2) is 6.81. The Hall–Kier alpha value is -2.04. The molecule has 0 radical (unpaired) electrons. The number of carbonyl (C=O) groups excluding carboxylic acids is 2. The minimum Gasteiger partial charge on any atom is -0.481 e. The van der Waals surface area contributed by atoms with Gasteiger partial charge < -0.3 is 15.4 Å². The van der Waals surface area contributed by atoms with Crippen molar-refractivity contribution in [2.24, 2.45) is 11.7 Å². The monoisotopic (exact) mass is 304 g/mol. The molecule has 2 amide bonds. The lowest BCUT2D eigenvalue weighted by atomic mass is 9.92. The minimum absolute atomic E-state index is 0.0981. The maximum Gasteiger partial charge on any atom is 0.263 e. The Labute approximate surface area is 131 Å². The van der Waals surface area contributed by atoms with Crippen LogP contribution in [0.3, 0.4) is 0 Å². The predicted molar refractivity (Wildman–Crippen MR) is 84.4 cm³/mol. The largest absolute Gasteiger partial charge is 0.481 e. The lowest BCUT2D eigenvalue weighted by Gasteiger charge is -2.38. The first-order valence-corrected chi connectivity index (χ1v) is 7.71. The summed E-state index contributed by atoms with van der Waals surface area (Å²) in [6, 6.07) is 7.70. The SMILES string of the molecule is Cc1ccc(O[C@H](C)C(=O)N2C[C@H](C(N)=O)CC[C@@H]2C)cc1. The molecule has 5 heteroatoms. The van der Waals surface area contributed by atoms with Crippen LogP contribution in [0.4, 0.5) is 0 Å². The average molecular weight is 304 g/mol. The molecule has 0 bridgehead atoms. The summed E-state index contributed by atoms with van der Waals surface area (Å²) in [5, 5.41) is 0. The third-order valence-corrected chi connectivity index (χ3v) is 4.25. The van der Waals surface area contributed by atoms with Crippen LogP contribution < -0.4 is 10.5 Å². The molecule has 3 atom stereocenters. The number of piperidine rings is 1. The molecule has 0 spiro atoms. The molecule has 1 heterocycles. The number of amides is 2. The smallest absolute Gasteiger partial charge is 0.263 e. The van der Waals surface area contributed by atoms with Gasteiger partial charge in [-0.15, -0.1) is 0 Å². The maximum absolute atomic E-state index is 12.6. The minimum atomic E-state index is -0.586. The fraction of sp³-hybridized carbons (Fsp3) is 0.529. The van der Waals surface area contributed by atoms with Crippen molar-refractivity contribution in [3.05, 3.63) is 29.8 Å². The molecule has 1 aliphatic heterocycles. The molecule has 0 aliphatic carbocycles. The Balaban J connectivity index is 2.02. The standard InChI is InChI=1S/C17H24N2O3/c1-11-4-8-15(9-5-11)22-13(3)17(21)19-10-14(16(18)20)7-6-12(19)2/h4-5,8-9,12-14H,6-7,10H2,1-3H3,(H2,18,20)/t12-,13+,14+/m0/s1. The zero-order valence-electron chi connectivity index (χ0n) is 13.4. The van der Waals surface area contributed by atoms with E-state index in [0.29, 0.717) is 12.3 Å². The van der Waals surface area contributed by atoms with Gasteiger partial charge in [0.15, 0.2) is 6.10 Å². The van der Waals surface area contributed by atoms with Gasteiger partial charge >= 0.3 is 0 Å². The molecule has 1 saturated heterocycles. The van der Waals surface area contributed by atoms with Crippen molar-refractivity contribution in [3.8, 4) is 5.75 Å². The van der Waals surface area contributed by atoms with Gasteiger partial charge in [0.2, 0.25) is 5.91 Å². The molecule has 120 valence electrons. The zero-order valence-corrected chi connectivity index (χ0v) is 13.4. The first-order chi connectivity index (χ1) is 10.4. The summed E-state index contributed by atoms with van der Waals surface area (Å²) in [6.07, 6.45) is 0.946. The molecular weight excluding hydrogens is 280 g/mol. The predicted octanol–water partition coefficient (Wildman–Crippen LogP) is 1.87. The summed E-state index contributed by atoms with van der Waals surface area (Å²) in [7, 11) is 0. The van der Waals surface area contributed by atoms with Crippen LogP contribution in [0.5, 0.6) is 5.75 Å². The third-order valence-electron chi connectivity index (χ3n) is 4.25. The Bertz CT molecular complexity index is 541. The number of likely N-dealkylation sites (tertiary alicyclic amines) is 1. The Morgan fingerprint density at radius 2 is 1.91 bits per heavy atom. The highest BCUT2D eigenvalue weighted by molar-refractivity contribution is 5.83. The van der Waals surface area contributed by atoms with E-state index in [-0.39, 0.29) is 23.8 Å².